The van der Waals surface area contributed by atoms with Gasteiger partial charge >= 0.3 is 5.97 Å². The van der Waals surface area contributed by atoms with Crippen LogP contribution >= 0.6 is 22.7 Å². The van der Waals surface area contributed by atoms with Crippen molar-refractivity contribution < 1.29 is 9.90 Å². The van der Waals surface area contributed by atoms with Crippen molar-refractivity contribution in [2.75, 3.05) is 0 Å². The Balaban J connectivity index is 2.41. The smallest absolute Gasteiger partial charge is 0.326 e. The average Bonchev–Trinajstić information content (AvgIpc) is 3.21. The van der Waals surface area contributed by atoms with Gasteiger partial charge in [-0.3, -0.25) is 9.36 Å². The van der Waals surface area contributed by atoms with Crippen molar-refractivity contribution in [3.8, 4) is 10.4 Å². The van der Waals surface area contributed by atoms with Crippen LogP contribution in [0.2, 0.25) is 0 Å². The first-order chi connectivity index (χ1) is 12.0. The second-order valence-corrected chi connectivity index (χ2v) is 7.91. The summed E-state index contributed by atoms with van der Waals surface area (Å²) in [6, 6.07) is 3.02. The van der Waals surface area contributed by atoms with Crippen molar-refractivity contribution >= 4 is 38.9 Å². The number of nitrogens with zero attached hydrogens (tertiary/aromatic N) is 2. The van der Waals surface area contributed by atoms with E-state index in [1.807, 2.05) is 24.4 Å². The lowest BCUT2D eigenvalue weighted by molar-refractivity contribution is -0.140. The number of rotatable bonds is 6. The van der Waals surface area contributed by atoms with E-state index >= 15 is 0 Å². The van der Waals surface area contributed by atoms with Crippen molar-refractivity contribution in [3.63, 3.8) is 0 Å². The van der Waals surface area contributed by atoms with Crippen molar-refractivity contribution in [2.45, 2.75) is 46.1 Å². The van der Waals surface area contributed by atoms with E-state index in [1.165, 1.54) is 22.8 Å². The summed E-state index contributed by atoms with van der Waals surface area (Å²) < 4.78 is 1.36. The van der Waals surface area contributed by atoms with Gasteiger partial charge < -0.3 is 5.11 Å². The number of aliphatic carboxylic acids is 1. The van der Waals surface area contributed by atoms with Gasteiger partial charge in [-0.2, -0.15) is 0 Å². The molecule has 0 bridgehead atoms. The topological polar surface area (TPSA) is 72.2 Å². The van der Waals surface area contributed by atoms with E-state index in [9.17, 15) is 14.7 Å². The zero-order valence-electron chi connectivity index (χ0n) is 14.4. The molecule has 0 radical (unpaired) electrons. The van der Waals surface area contributed by atoms with E-state index in [4.69, 9.17) is 4.98 Å². The molecule has 3 heterocycles. The van der Waals surface area contributed by atoms with Crippen LogP contribution in [0.25, 0.3) is 20.7 Å². The SMILES string of the molecule is CCCc1nc2sc(CC)c(-c3cccs3)c2c(=O)n1C(C)C(=O)O. The lowest BCUT2D eigenvalue weighted by atomic mass is 10.1. The minimum Gasteiger partial charge on any atom is -0.480 e. The molecule has 0 aromatic carbocycles. The number of carbonyl (C=O) groups is 1. The predicted molar refractivity (Wildman–Crippen MR) is 103 cm³/mol. The first-order valence-electron chi connectivity index (χ1n) is 8.33. The van der Waals surface area contributed by atoms with E-state index in [0.29, 0.717) is 22.5 Å². The molecular weight excluding hydrogens is 356 g/mol. The standard InChI is InChI=1S/C18H20N2O3S2/c1-4-7-13-19-16-15(17(21)20(13)10(3)18(22)23)14(11(5-2)25-16)12-8-6-9-24-12/h6,8-10H,4-5,7H2,1-3H3,(H,22,23). The number of fused-ring (bicyclic) bond motifs is 1. The molecule has 5 nitrogen and oxygen atoms in total. The molecule has 0 spiro atoms. The van der Waals surface area contributed by atoms with Gasteiger partial charge in [0.05, 0.1) is 5.39 Å². The van der Waals surface area contributed by atoms with Gasteiger partial charge in [-0.15, -0.1) is 22.7 Å². The van der Waals surface area contributed by atoms with Gasteiger partial charge in [-0.05, 0) is 31.2 Å². The molecule has 1 unspecified atom stereocenters. The van der Waals surface area contributed by atoms with Crippen LogP contribution in [0.1, 0.15) is 43.9 Å². The molecule has 0 amide bonds. The van der Waals surface area contributed by atoms with Gasteiger partial charge in [0.25, 0.3) is 5.56 Å². The van der Waals surface area contributed by atoms with Crippen molar-refractivity contribution in [2.24, 2.45) is 0 Å². The Morgan fingerprint density at radius 2 is 2.16 bits per heavy atom. The second-order valence-electron chi connectivity index (χ2n) is 5.88. The molecule has 132 valence electrons. The molecule has 0 aliphatic carbocycles. The molecule has 25 heavy (non-hydrogen) atoms. The number of carboxylic acid groups (broad SMARTS) is 1. The fourth-order valence-electron chi connectivity index (χ4n) is 2.99. The zero-order chi connectivity index (χ0) is 18.1. The van der Waals surface area contributed by atoms with Crippen LogP contribution in [0, 0.1) is 0 Å². The quantitative estimate of drug-likeness (QED) is 0.694. The highest BCUT2D eigenvalue weighted by Crippen LogP contribution is 2.39. The molecule has 0 aliphatic rings. The van der Waals surface area contributed by atoms with Crippen molar-refractivity contribution in [3.05, 3.63) is 38.6 Å². The average molecular weight is 377 g/mol. The number of carboxylic acids is 1. The summed E-state index contributed by atoms with van der Waals surface area (Å²) in [5, 5.41) is 12.0. The Morgan fingerprint density at radius 1 is 1.40 bits per heavy atom. The summed E-state index contributed by atoms with van der Waals surface area (Å²) >= 11 is 3.12. The van der Waals surface area contributed by atoms with E-state index in [0.717, 1.165) is 28.2 Å². The molecule has 0 fully saturated rings. The Hall–Kier alpha value is -1.99. The summed E-state index contributed by atoms with van der Waals surface area (Å²) in [5.74, 6) is -0.472. The minimum atomic E-state index is -1.02. The first-order valence-corrected chi connectivity index (χ1v) is 10.0. The fourth-order valence-corrected chi connectivity index (χ4v) is 4.99. The van der Waals surface area contributed by atoms with Crippen LogP contribution in [-0.2, 0) is 17.6 Å². The van der Waals surface area contributed by atoms with Crippen LogP contribution < -0.4 is 5.56 Å². The molecule has 0 saturated carbocycles. The molecule has 3 aromatic heterocycles. The lowest BCUT2D eigenvalue weighted by Gasteiger charge is -2.15. The maximum atomic E-state index is 13.3. The van der Waals surface area contributed by atoms with E-state index < -0.39 is 12.0 Å². The largest absolute Gasteiger partial charge is 0.480 e. The second kappa shape index (κ2) is 7.09. The highest BCUT2D eigenvalue weighted by atomic mass is 32.1. The Bertz CT molecular complexity index is 971. The van der Waals surface area contributed by atoms with E-state index in [1.54, 1.807) is 11.3 Å². The number of hydrogen-bond acceptors (Lipinski definition) is 5. The Labute approximate surface area is 153 Å². The van der Waals surface area contributed by atoms with Gasteiger partial charge in [-0.1, -0.05) is 19.9 Å². The van der Waals surface area contributed by atoms with Gasteiger partial charge in [0.15, 0.2) is 0 Å². The van der Waals surface area contributed by atoms with Gasteiger partial charge in [0, 0.05) is 21.7 Å². The number of thiophene rings is 2. The summed E-state index contributed by atoms with van der Waals surface area (Å²) in [6.45, 7) is 5.59. The molecule has 0 saturated heterocycles. The van der Waals surface area contributed by atoms with Gasteiger partial charge in [0.1, 0.15) is 16.7 Å². The monoisotopic (exact) mass is 376 g/mol. The summed E-state index contributed by atoms with van der Waals surface area (Å²) in [7, 11) is 0. The zero-order valence-corrected chi connectivity index (χ0v) is 16.0. The summed E-state index contributed by atoms with van der Waals surface area (Å²) in [4.78, 5) is 32.4. The van der Waals surface area contributed by atoms with Crippen molar-refractivity contribution in [1.29, 1.82) is 0 Å². The predicted octanol–water partition coefficient (Wildman–Crippen LogP) is 4.35. The normalized spacial score (nSPS) is 12.6. The highest BCUT2D eigenvalue weighted by Gasteiger charge is 2.25. The van der Waals surface area contributed by atoms with Gasteiger partial charge in [-0.25, -0.2) is 9.78 Å². The third kappa shape index (κ3) is 3.02. The molecule has 3 aromatic rings. The minimum absolute atomic E-state index is 0.247. The third-order valence-electron chi connectivity index (χ3n) is 4.21. The summed E-state index contributed by atoms with van der Waals surface area (Å²) in [5.41, 5.74) is 0.673. The number of hydrogen-bond donors (Lipinski definition) is 1. The van der Waals surface area contributed by atoms with E-state index in [-0.39, 0.29) is 5.56 Å². The third-order valence-corrected chi connectivity index (χ3v) is 6.33. The molecule has 1 N–H and O–H groups in total. The molecule has 7 heteroatoms. The molecule has 3 rings (SSSR count). The molecular formula is C18H20N2O3S2. The van der Waals surface area contributed by atoms with Crippen molar-refractivity contribution in [1.82, 2.24) is 9.55 Å². The summed E-state index contributed by atoms with van der Waals surface area (Å²) in [6.07, 6.45) is 2.19. The number of aromatic nitrogens is 2. The highest BCUT2D eigenvalue weighted by molar-refractivity contribution is 7.20. The van der Waals surface area contributed by atoms with E-state index in [2.05, 4.69) is 6.92 Å². The number of aryl methyl sites for hydroxylation is 2. The van der Waals surface area contributed by atoms with Crippen LogP contribution in [-0.4, -0.2) is 20.6 Å². The van der Waals surface area contributed by atoms with Gasteiger partial charge in [0.2, 0.25) is 0 Å². The van der Waals surface area contributed by atoms with Crippen LogP contribution in [0.4, 0.5) is 0 Å². The fraction of sp³-hybridized carbons (Fsp3) is 0.389. The maximum Gasteiger partial charge on any atom is 0.326 e. The lowest BCUT2D eigenvalue weighted by Crippen LogP contribution is -2.31. The first kappa shape index (κ1) is 17.8. The Kier molecular flexibility index (Phi) is 5.06. The maximum absolute atomic E-state index is 13.3. The van der Waals surface area contributed by atoms with Crippen LogP contribution in [0.15, 0.2) is 22.3 Å². The molecule has 1 atom stereocenters. The van der Waals surface area contributed by atoms with Crippen LogP contribution in [0.5, 0.6) is 0 Å². The Morgan fingerprint density at radius 3 is 2.72 bits per heavy atom. The van der Waals surface area contributed by atoms with Crippen LogP contribution in [0.3, 0.4) is 0 Å². The molecule has 0 aliphatic heterocycles.